The number of aliphatic carboxylic acids is 2. The molecule has 0 aliphatic rings. The summed E-state index contributed by atoms with van der Waals surface area (Å²) in [6.45, 7) is 6.91. The molecule has 15 heavy (non-hydrogen) atoms. The number of carbonyl (C=O) groups is 2. The van der Waals surface area contributed by atoms with Crippen molar-refractivity contribution >= 4 is 11.9 Å². The Labute approximate surface area is 104 Å². The number of rotatable bonds is 4. The van der Waals surface area contributed by atoms with Crippen molar-refractivity contribution in [3.05, 3.63) is 0 Å². The second-order valence-electron chi connectivity index (χ2n) is 3.26. The third kappa shape index (κ3) is 13.6. The molecule has 0 N–H and O–H groups in total. The van der Waals surface area contributed by atoms with Crippen molar-refractivity contribution in [3.8, 4) is 0 Å². The zero-order chi connectivity index (χ0) is 11.7. The Kier molecular flexibility index (Phi) is 15.5. The Hall–Kier alpha value is -0.437. The van der Waals surface area contributed by atoms with E-state index in [1.54, 1.807) is 13.8 Å². The minimum atomic E-state index is -0.956. The zero-order valence-electron chi connectivity index (χ0n) is 9.91. The molecule has 0 amide bonds. The molecule has 0 aliphatic carbocycles. The van der Waals surface area contributed by atoms with Crippen molar-refractivity contribution in [1.82, 2.24) is 0 Å². The first kappa shape index (κ1) is 20.0. The van der Waals surface area contributed by atoms with Crippen LogP contribution in [0.4, 0.5) is 0 Å². The van der Waals surface area contributed by atoms with Gasteiger partial charge in [0, 0.05) is 11.9 Å². The molecule has 0 heterocycles. The van der Waals surface area contributed by atoms with Gasteiger partial charge in [0.15, 0.2) is 0 Å². The summed E-state index contributed by atoms with van der Waals surface area (Å²) in [7, 11) is 0. The molecule has 2 unspecified atom stereocenters. The predicted molar refractivity (Wildman–Crippen MR) is 48.9 cm³/mol. The molecule has 0 aliphatic heterocycles. The molecule has 0 fully saturated rings. The van der Waals surface area contributed by atoms with E-state index in [1.165, 1.54) is 0 Å². The SMILES string of the molecule is CCC(C)C(=O)[O-].CCC(C)C(=O)[O-].[Zn+2]. The number of carboxylic acids is 2. The number of carbonyl (C=O) groups excluding carboxylic acids is 2. The van der Waals surface area contributed by atoms with Crippen molar-refractivity contribution in [1.29, 1.82) is 0 Å². The molecule has 5 heteroatoms. The Morgan fingerprint density at radius 2 is 1.13 bits per heavy atom. The van der Waals surface area contributed by atoms with Crippen LogP contribution in [-0.4, -0.2) is 11.9 Å². The summed E-state index contributed by atoms with van der Waals surface area (Å²) in [5.41, 5.74) is 0. The third-order valence-electron chi connectivity index (χ3n) is 2.03. The molecule has 0 aromatic rings. The standard InChI is InChI=1S/2C5H10O2.Zn/c2*1-3-4(2)5(6)7;/h2*4H,3H2,1-2H3,(H,6,7);/q;;+2/p-2. The normalized spacial score (nSPS) is 12.5. The van der Waals surface area contributed by atoms with E-state index in [2.05, 4.69) is 0 Å². The molecule has 0 saturated heterocycles. The summed E-state index contributed by atoms with van der Waals surface area (Å²) in [5.74, 6) is -2.50. The van der Waals surface area contributed by atoms with Gasteiger partial charge < -0.3 is 19.8 Å². The maximum absolute atomic E-state index is 9.82. The van der Waals surface area contributed by atoms with E-state index in [4.69, 9.17) is 0 Å². The fraction of sp³-hybridized carbons (Fsp3) is 0.800. The summed E-state index contributed by atoms with van der Waals surface area (Å²) >= 11 is 0. The summed E-state index contributed by atoms with van der Waals surface area (Å²) in [6.07, 6.45) is 1.31. The molecular formula is C10H18O4Zn. The van der Waals surface area contributed by atoms with Crippen molar-refractivity contribution in [2.24, 2.45) is 11.8 Å². The van der Waals surface area contributed by atoms with Crippen LogP contribution in [0.3, 0.4) is 0 Å². The van der Waals surface area contributed by atoms with E-state index >= 15 is 0 Å². The maximum atomic E-state index is 9.82. The minimum Gasteiger partial charge on any atom is -0.550 e. The van der Waals surface area contributed by atoms with E-state index < -0.39 is 11.9 Å². The smallest absolute Gasteiger partial charge is 0.550 e. The third-order valence-corrected chi connectivity index (χ3v) is 2.03. The van der Waals surface area contributed by atoms with Crippen LogP contribution in [0.2, 0.25) is 0 Å². The molecule has 0 saturated carbocycles. The van der Waals surface area contributed by atoms with Crippen LogP contribution in [0, 0.1) is 11.8 Å². The summed E-state index contributed by atoms with van der Waals surface area (Å²) < 4.78 is 0. The molecule has 84 valence electrons. The molecule has 0 spiro atoms. The Bertz CT molecular complexity index is 162. The first-order chi connectivity index (χ1) is 6.36. The van der Waals surface area contributed by atoms with Gasteiger partial charge in [0.25, 0.3) is 0 Å². The van der Waals surface area contributed by atoms with Crippen LogP contribution in [0.25, 0.3) is 0 Å². The Morgan fingerprint density at radius 3 is 1.13 bits per heavy atom. The first-order valence-corrected chi connectivity index (χ1v) is 4.78. The number of hydrogen-bond acceptors (Lipinski definition) is 4. The molecule has 0 aromatic heterocycles. The van der Waals surface area contributed by atoms with E-state index in [9.17, 15) is 19.8 Å². The molecule has 0 bridgehead atoms. The summed E-state index contributed by atoms with van der Waals surface area (Å²) in [6, 6.07) is 0. The van der Waals surface area contributed by atoms with Gasteiger partial charge in [-0.15, -0.1) is 0 Å². The van der Waals surface area contributed by atoms with Gasteiger partial charge in [-0.1, -0.05) is 27.7 Å². The van der Waals surface area contributed by atoms with Crippen LogP contribution in [0.15, 0.2) is 0 Å². The zero-order valence-corrected chi connectivity index (χ0v) is 12.9. The van der Waals surface area contributed by atoms with Gasteiger partial charge in [0.1, 0.15) is 0 Å². The van der Waals surface area contributed by atoms with E-state index in [0.717, 1.165) is 0 Å². The average Bonchev–Trinajstić information content (AvgIpc) is 2.15. The van der Waals surface area contributed by atoms with Gasteiger partial charge in [0.2, 0.25) is 0 Å². The number of hydrogen-bond donors (Lipinski definition) is 0. The Balaban J connectivity index is -0.000000180. The molecule has 4 nitrogen and oxygen atoms in total. The van der Waals surface area contributed by atoms with E-state index in [-0.39, 0.29) is 31.3 Å². The second-order valence-corrected chi connectivity index (χ2v) is 3.26. The molecular weight excluding hydrogens is 249 g/mol. The molecule has 0 radical (unpaired) electrons. The van der Waals surface area contributed by atoms with Gasteiger partial charge >= 0.3 is 19.5 Å². The second kappa shape index (κ2) is 11.6. The van der Waals surface area contributed by atoms with E-state index in [1.807, 2.05) is 13.8 Å². The van der Waals surface area contributed by atoms with Crippen molar-refractivity contribution in [2.75, 3.05) is 0 Å². The minimum absolute atomic E-state index is 0. The Morgan fingerprint density at radius 1 is 0.933 bits per heavy atom. The monoisotopic (exact) mass is 266 g/mol. The van der Waals surface area contributed by atoms with Crippen molar-refractivity contribution in [3.63, 3.8) is 0 Å². The largest absolute Gasteiger partial charge is 2.00 e. The number of carboxylic acid groups (broad SMARTS) is 2. The fourth-order valence-electron chi connectivity index (χ4n) is 0.333. The van der Waals surface area contributed by atoms with Crippen LogP contribution in [0.5, 0.6) is 0 Å². The van der Waals surface area contributed by atoms with Gasteiger partial charge in [-0.2, -0.15) is 0 Å². The summed E-state index contributed by atoms with van der Waals surface area (Å²) in [4.78, 5) is 19.6. The fourth-order valence-corrected chi connectivity index (χ4v) is 0.333. The average molecular weight is 268 g/mol. The van der Waals surface area contributed by atoms with Crippen LogP contribution in [-0.2, 0) is 29.1 Å². The van der Waals surface area contributed by atoms with Crippen LogP contribution < -0.4 is 10.2 Å². The molecule has 2 atom stereocenters. The molecule has 0 aromatic carbocycles. The summed E-state index contributed by atoms with van der Waals surface area (Å²) in [5, 5.41) is 19.6. The predicted octanol–water partition coefficient (Wildman–Crippen LogP) is -0.438. The van der Waals surface area contributed by atoms with Crippen LogP contribution >= 0.6 is 0 Å². The van der Waals surface area contributed by atoms with Gasteiger partial charge in [-0.3, -0.25) is 0 Å². The van der Waals surface area contributed by atoms with Gasteiger partial charge in [-0.25, -0.2) is 0 Å². The maximum Gasteiger partial charge on any atom is 2.00 e. The van der Waals surface area contributed by atoms with Crippen molar-refractivity contribution < 1.29 is 39.3 Å². The molecule has 0 rings (SSSR count). The first-order valence-electron chi connectivity index (χ1n) is 4.78. The van der Waals surface area contributed by atoms with E-state index in [0.29, 0.717) is 12.8 Å². The van der Waals surface area contributed by atoms with Gasteiger partial charge in [-0.05, 0) is 24.7 Å². The van der Waals surface area contributed by atoms with Crippen LogP contribution in [0.1, 0.15) is 40.5 Å². The quantitative estimate of drug-likeness (QED) is 0.647. The van der Waals surface area contributed by atoms with Gasteiger partial charge in [0.05, 0.1) is 0 Å². The topological polar surface area (TPSA) is 80.3 Å². The van der Waals surface area contributed by atoms with Crippen molar-refractivity contribution in [2.45, 2.75) is 40.5 Å².